The van der Waals surface area contributed by atoms with Gasteiger partial charge in [-0.2, -0.15) is 0 Å². The standard InChI is InChI=1S/C26H56NOP/c1-4-7-10-13-16-19-22-29(25-26(27)28,23-20-17-14-11-8-5-2)24-21-18-15-12-9-6-3/h29H,4-25H2,1-3H3,(H2,27,28). The van der Waals surface area contributed by atoms with Gasteiger partial charge in [-0.1, -0.05) is 0 Å². The fourth-order valence-electron chi connectivity index (χ4n) is 4.85. The molecule has 0 fully saturated rings. The van der Waals surface area contributed by atoms with Crippen LogP contribution in [0.15, 0.2) is 0 Å². The van der Waals surface area contributed by atoms with Gasteiger partial charge in [0.25, 0.3) is 0 Å². The Morgan fingerprint density at radius 3 is 1.07 bits per heavy atom. The van der Waals surface area contributed by atoms with E-state index in [-0.39, 0.29) is 5.91 Å². The number of hydrogen-bond donors (Lipinski definition) is 1. The molecule has 2 nitrogen and oxygen atoms in total. The summed E-state index contributed by atoms with van der Waals surface area (Å²) in [6.45, 7) is 6.85. The molecule has 29 heavy (non-hydrogen) atoms. The third kappa shape index (κ3) is 18.4. The molecule has 0 rings (SSSR count). The van der Waals surface area contributed by atoms with Crippen LogP contribution < -0.4 is 5.73 Å². The van der Waals surface area contributed by atoms with E-state index >= 15 is 0 Å². The third-order valence-electron chi connectivity index (χ3n) is 6.73. The zero-order valence-corrected chi connectivity index (χ0v) is 21.5. The molecule has 0 radical (unpaired) electrons. The summed E-state index contributed by atoms with van der Waals surface area (Å²) in [5, 5.41) is 0. The van der Waals surface area contributed by atoms with Gasteiger partial charge in [-0.15, -0.1) is 0 Å². The second-order valence-electron chi connectivity index (χ2n) is 9.70. The Bertz CT molecular complexity index is 318. The molecule has 0 saturated carbocycles. The molecule has 0 aliphatic carbocycles. The van der Waals surface area contributed by atoms with Gasteiger partial charge in [0.05, 0.1) is 0 Å². The van der Waals surface area contributed by atoms with Crippen LogP contribution in [0, 0.1) is 0 Å². The number of nitrogens with two attached hydrogens (primary N) is 1. The van der Waals surface area contributed by atoms with E-state index in [1.54, 1.807) is 0 Å². The van der Waals surface area contributed by atoms with Crippen LogP contribution in [0.4, 0.5) is 0 Å². The summed E-state index contributed by atoms with van der Waals surface area (Å²) in [7, 11) is -1.54. The van der Waals surface area contributed by atoms with E-state index in [9.17, 15) is 4.79 Å². The molecule has 0 aromatic carbocycles. The average Bonchev–Trinajstić information content (AvgIpc) is 2.69. The van der Waals surface area contributed by atoms with Crippen LogP contribution in [0.25, 0.3) is 0 Å². The van der Waals surface area contributed by atoms with E-state index in [0.29, 0.717) is 0 Å². The van der Waals surface area contributed by atoms with Crippen molar-refractivity contribution in [1.29, 1.82) is 0 Å². The molecule has 0 aromatic heterocycles. The summed E-state index contributed by atoms with van der Waals surface area (Å²) in [6, 6.07) is 0. The average molecular weight is 430 g/mol. The maximum absolute atomic E-state index is 12.0. The molecule has 0 saturated heterocycles. The first kappa shape index (κ1) is 28.9. The van der Waals surface area contributed by atoms with Gasteiger partial charge in [-0.3, -0.25) is 0 Å². The Kier molecular flexibility index (Phi) is 21.1. The fraction of sp³-hybridized carbons (Fsp3) is 0.962. The monoisotopic (exact) mass is 429 g/mol. The zero-order chi connectivity index (χ0) is 21.6. The van der Waals surface area contributed by atoms with Crippen molar-refractivity contribution < 1.29 is 4.79 Å². The molecular weight excluding hydrogens is 373 g/mol. The summed E-state index contributed by atoms with van der Waals surface area (Å²) in [4.78, 5) is 12.0. The molecule has 0 unspecified atom stereocenters. The van der Waals surface area contributed by atoms with Crippen molar-refractivity contribution in [2.75, 3.05) is 24.6 Å². The molecule has 0 atom stereocenters. The molecule has 0 bridgehead atoms. The number of unbranched alkanes of at least 4 members (excludes halogenated alkanes) is 15. The number of hydrogen-bond acceptors (Lipinski definition) is 1. The van der Waals surface area contributed by atoms with E-state index in [4.69, 9.17) is 5.73 Å². The van der Waals surface area contributed by atoms with Crippen LogP contribution in [0.2, 0.25) is 0 Å². The molecule has 1 amide bonds. The van der Waals surface area contributed by atoms with E-state index in [1.165, 1.54) is 134 Å². The molecule has 0 aliphatic heterocycles. The van der Waals surface area contributed by atoms with Crippen LogP contribution in [-0.4, -0.2) is 30.6 Å². The van der Waals surface area contributed by atoms with Crippen LogP contribution >= 0.6 is 7.26 Å². The Hall–Kier alpha value is -0.100. The third-order valence-corrected chi connectivity index (χ3v) is 12.1. The van der Waals surface area contributed by atoms with Gasteiger partial charge in [0, 0.05) is 0 Å². The SMILES string of the molecule is CCCCCCCC[PH](CCCCCCCC)(CCCCCCCC)CC(N)=O. The van der Waals surface area contributed by atoms with Gasteiger partial charge in [-0.05, 0) is 0 Å². The summed E-state index contributed by atoms with van der Waals surface area (Å²) >= 11 is 0. The van der Waals surface area contributed by atoms with Crippen molar-refractivity contribution in [3.05, 3.63) is 0 Å². The Labute approximate surface area is 184 Å². The first-order chi connectivity index (χ1) is 14.1. The van der Waals surface area contributed by atoms with Crippen molar-refractivity contribution in [1.82, 2.24) is 0 Å². The Morgan fingerprint density at radius 1 is 0.517 bits per heavy atom. The number of carbonyl (C=O) groups is 1. The van der Waals surface area contributed by atoms with Crippen molar-refractivity contribution in [2.24, 2.45) is 5.73 Å². The minimum atomic E-state index is -1.54. The van der Waals surface area contributed by atoms with Crippen LogP contribution in [0.3, 0.4) is 0 Å². The molecule has 0 heterocycles. The van der Waals surface area contributed by atoms with E-state index < -0.39 is 7.26 Å². The van der Waals surface area contributed by atoms with Crippen molar-refractivity contribution in [2.45, 2.75) is 136 Å². The van der Waals surface area contributed by atoms with E-state index in [0.717, 1.165) is 6.16 Å². The van der Waals surface area contributed by atoms with Gasteiger partial charge < -0.3 is 0 Å². The second kappa shape index (κ2) is 21.1. The number of carbonyl (C=O) groups excluding carboxylic acids is 1. The molecule has 176 valence electrons. The first-order valence-electron chi connectivity index (χ1n) is 13.4. The van der Waals surface area contributed by atoms with Gasteiger partial charge in [0.1, 0.15) is 0 Å². The minimum absolute atomic E-state index is 0.0142. The fourth-order valence-corrected chi connectivity index (χ4v) is 9.87. The second-order valence-corrected chi connectivity index (χ2v) is 14.5. The Morgan fingerprint density at radius 2 is 0.793 bits per heavy atom. The summed E-state index contributed by atoms with van der Waals surface area (Å²) in [5.74, 6) is -0.0142. The Balaban J connectivity index is 4.59. The van der Waals surface area contributed by atoms with Gasteiger partial charge >= 0.3 is 185 Å². The first-order valence-corrected chi connectivity index (χ1v) is 16.2. The van der Waals surface area contributed by atoms with Crippen LogP contribution in [0.5, 0.6) is 0 Å². The van der Waals surface area contributed by atoms with Gasteiger partial charge in [-0.25, -0.2) is 0 Å². The van der Waals surface area contributed by atoms with Crippen molar-refractivity contribution in [3.63, 3.8) is 0 Å². The quantitative estimate of drug-likeness (QED) is 0.129. The summed E-state index contributed by atoms with van der Waals surface area (Å²) in [5.41, 5.74) is 5.78. The van der Waals surface area contributed by atoms with Crippen molar-refractivity contribution in [3.8, 4) is 0 Å². The van der Waals surface area contributed by atoms with Crippen LogP contribution in [-0.2, 0) is 4.79 Å². The predicted molar refractivity (Wildman–Crippen MR) is 137 cm³/mol. The molecule has 2 N–H and O–H groups in total. The van der Waals surface area contributed by atoms with Gasteiger partial charge in [0.2, 0.25) is 0 Å². The van der Waals surface area contributed by atoms with Crippen molar-refractivity contribution >= 4 is 13.2 Å². The number of amides is 1. The van der Waals surface area contributed by atoms with Gasteiger partial charge in [0.15, 0.2) is 0 Å². The van der Waals surface area contributed by atoms with E-state index in [1.807, 2.05) is 0 Å². The molecule has 0 spiro atoms. The van der Waals surface area contributed by atoms with Crippen LogP contribution in [0.1, 0.15) is 136 Å². The summed E-state index contributed by atoms with van der Waals surface area (Å²) in [6.07, 6.45) is 29.3. The normalized spacial score (nSPS) is 12.4. The zero-order valence-electron chi connectivity index (χ0n) is 20.5. The molecule has 3 heteroatoms. The molecular formula is C26H56NOP. The molecule has 0 aromatic rings. The van der Waals surface area contributed by atoms with E-state index in [2.05, 4.69) is 20.8 Å². The summed E-state index contributed by atoms with van der Waals surface area (Å²) < 4.78 is 0. The number of rotatable bonds is 23. The topological polar surface area (TPSA) is 43.1 Å². The predicted octanol–water partition coefficient (Wildman–Crippen LogP) is 8.30. The maximum atomic E-state index is 12.0. The molecule has 0 aliphatic rings. The number of primary amides is 1.